The number of rotatable bonds is 6. The minimum atomic E-state index is 0.549. The molecule has 0 radical (unpaired) electrons. The van der Waals surface area contributed by atoms with E-state index in [1.807, 2.05) is 12.2 Å². The van der Waals surface area contributed by atoms with Crippen LogP contribution in [0, 0.1) is 0 Å². The zero-order valence-electron chi connectivity index (χ0n) is 11.6. The molecule has 0 amide bonds. The zero-order chi connectivity index (χ0) is 12.8. The van der Waals surface area contributed by atoms with E-state index in [-0.39, 0.29) is 0 Å². The van der Waals surface area contributed by atoms with E-state index in [4.69, 9.17) is 0 Å². The van der Waals surface area contributed by atoms with Crippen LogP contribution in [0.25, 0.3) is 0 Å². The van der Waals surface area contributed by atoms with Crippen LogP contribution in [0.1, 0.15) is 32.1 Å². The van der Waals surface area contributed by atoms with E-state index in [2.05, 4.69) is 28.1 Å². The second kappa shape index (κ2) is 7.07. The summed E-state index contributed by atoms with van der Waals surface area (Å²) in [7, 11) is 0. The first kappa shape index (κ1) is 13.8. The Balaban J connectivity index is 2.04. The first-order chi connectivity index (χ1) is 8.86. The Morgan fingerprint density at radius 1 is 0.944 bits per heavy atom. The van der Waals surface area contributed by atoms with Gasteiger partial charge in [-0.05, 0) is 32.1 Å². The summed E-state index contributed by atoms with van der Waals surface area (Å²) in [6, 6.07) is 0. The second-order valence-electron chi connectivity index (χ2n) is 5.33. The SMILES string of the molecule is C=CCN(CC=C)C1CCCCN1N1CCCC1. The molecule has 1 unspecified atom stereocenters. The lowest BCUT2D eigenvalue weighted by molar-refractivity contribution is -0.114. The van der Waals surface area contributed by atoms with Gasteiger partial charge >= 0.3 is 0 Å². The van der Waals surface area contributed by atoms with Gasteiger partial charge in [-0.15, -0.1) is 13.2 Å². The fraction of sp³-hybridized carbons (Fsp3) is 0.733. The molecule has 0 N–H and O–H groups in total. The van der Waals surface area contributed by atoms with Crippen molar-refractivity contribution in [1.82, 2.24) is 14.9 Å². The molecule has 2 aliphatic rings. The minimum Gasteiger partial charge on any atom is -0.279 e. The van der Waals surface area contributed by atoms with Crippen LogP contribution in [0.3, 0.4) is 0 Å². The lowest BCUT2D eigenvalue weighted by atomic mass is 10.1. The summed E-state index contributed by atoms with van der Waals surface area (Å²) in [5.41, 5.74) is 0. The van der Waals surface area contributed by atoms with Gasteiger partial charge in [-0.3, -0.25) is 4.90 Å². The van der Waals surface area contributed by atoms with Gasteiger partial charge in [0.15, 0.2) is 0 Å². The zero-order valence-corrected chi connectivity index (χ0v) is 11.6. The minimum absolute atomic E-state index is 0.549. The average molecular weight is 249 g/mol. The third kappa shape index (κ3) is 3.22. The molecule has 0 bridgehead atoms. The topological polar surface area (TPSA) is 9.72 Å². The van der Waals surface area contributed by atoms with E-state index in [1.165, 1.54) is 51.7 Å². The summed E-state index contributed by atoms with van der Waals surface area (Å²) < 4.78 is 0. The summed E-state index contributed by atoms with van der Waals surface area (Å²) in [6.45, 7) is 13.4. The molecule has 0 spiro atoms. The van der Waals surface area contributed by atoms with E-state index in [9.17, 15) is 0 Å². The van der Waals surface area contributed by atoms with Gasteiger partial charge in [0.2, 0.25) is 0 Å². The fourth-order valence-corrected chi connectivity index (χ4v) is 3.21. The number of hydrogen-bond donors (Lipinski definition) is 0. The first-order valence-corrected chi connectivity index (χ1v) is 7.34. The largest absolute Gasteiger partial charge is 0.279 e. The van der Waals surface area contributed by atoms with Crippen molar-refractivity contribution in [2.75, 3.05) is 32.7 Å². The van der Waals surface area contributed by atoms with Crippen molar-refractivity contribution in [3.8, 4) is 0 Å². The van der Waals surface area contributed by atoms with Crippen LogP contribution in [-0.2, 0) is 0 Å². The Kier molecular flexibility index (Phi) is 5.42. The number of hydrogen-bond acceptors (Lipinski definition) is 3. The molecule has 102 valence electrons. The maximum atomic E-state index is 3.89. The van der Waals surface area contributed by atoms with Crippen molar-refractivity contribution in [2.24, 2.45) is 0 Å². The molecule has 2 saturated heterocycles. The van der Waals surface area contributed by atoms with Crippen LogP contribution in [0.15, 0.2) is 25.3 Å². The van der Waals surface area contributed by atoms with Crippen LogP contribution < -0.4 is 0 Å². The lowest BCUT2D eigenvalue weighted by Crippen LogP contribution is -2.57. The van der Waals surface area contributed by atoms with E-state index in [0.29, 0.717) is 6.17 Å². The Labute approximate surface area is 112 Å². The molecule has 3 nitrogen and oxygen atoms in total. The highest BCUT2D eigenvalue weighted by molar-refractivity contribution is 4.86. The summed E-state index contributed by atoms with van der Waals surface area (Å²) >= 11 is 0. The molecule has 0 saturated carbocycles. The van der Waals surface area contributed by atoms with Crippen molar-refractivity contribution in [1.29, 1.82) is 0 Å². The molecule has 1 atom stereocenters. The van der Waals surface area contributed by atoms with Gasteiger partial charge in [-0.2, -0.15) is 0 Å². The maximum absolute atomic E-state index is 3.89. The van der Waals surface area contributed by atoms with Crippen LogP contribution in [0.2, 0.25) is 0 Å². The van der Waals surface area contributed by atoms with Crippen molar-refractivity contribution in [3.05, 3.63) is 25.3 Å². The molecule has 0 aromatic rings. The smallest absolute Gasteiger partial charge is 0.0765 e. The predicted octanol–water partition coefficient (Wildman–Crippen LogP) is 2.48. The highest BCUT2D eigenvalue weighted by atomic mass is 15.7. The summed E-state index contributed by atoms with van der Waals surface area (Å²) in [6.07, 6.45) is 11.2. The van der Waals surface area contributed by atoms with Gasteiger partial charge < -0.3 is 0 Å². The van der Waals surface area contributed by atoms with Gasteiger partial charge in [-0.1, -0.05) is 12.2 Å². The summed E-state index contributed by atoms with van der Waals surface area (Å²) in [5, 5.41) is 5.19. The summed E-state index contributed by atoms with van der Waals surface area (Å²) in [4.78, 5) is 2.50. The van der Waals surface area contributed by atoms with Crippen molar-refractivity contribution < 1.29 is 0 Å². The van der Waals surface area contributed by atoms with Crippen LogP contribution in [-0.4, -0.2) is 53.8 Å². The third-order valence-electron chi connectivity index (χ3n) is 4.04. The average Bonchev–Trinajstić information content (AvgIpc) is 2.92. The Bertz CT molecular complexity index is 261. The standard InChI is InChI=1S/C15H27N3/c1-3-10-16(11-4-2)15-9-5-6-14-18(15)17-12-7-8-13-17/h3-4,15H,1-2,5-14H2. The van der Waals surface area contributed by atoms with E-state index in [1.54, 1.807) is 0 Å². The molecule has 0 aromatic heterocycles. The highest BCUT2D eigenvalue weighted by Crippen LogP contribution is 2.24. The van der Waals surface area contributed by atoms with Crippen LogP contribution in [0.4, 0.5) is 0 Å². The van der Waals surface area contributed by atoms with Crippen LogP contribution in [0.5, 0.6) is 0 Å². The van der Waals surface area contributed by atoms with E-state index >= 15 is 0 Å². The molecule has 2 aliphatic heterocycles. The second-order valence-corrected chi connectivity index (χ2v) is 5.33. The highest BCUT2D eigenvalue weighted by Gasteiger charge is 2.31. The molecular weight excluding hydrogens is 222 g/mol. The summed E-state index contributed by atoms with van der Waals surface area (Å²) in [5.74, 6) is 0. The third-order valence-corrected chi connectivity index (χ3v) is 4.04. The molecule has 0 aliphatic carbocycles. The quantitative estimate of drug-likeness (QED) is 0.670. The van der Waals surface area contributed by atoms with E-state index < -0.39 is 0 Å². The normalized spacial score (nSPS) is 26.6. The lowest BCUT2D eigenvalue weighted by Gasteiger charge is -2.46. The van der Waals surface area contributed by atoms with Crippen molar-refractivity contribution in [2.45, 2.75) is 38.3 Å². The molecule has 2 rings (SSSR count). The predicted molar refractivity (Wildman–Crippen MR) is 77.1 cm³/mol. The number of nitrogens with zero attached hydrogens (tertiary/aromatic N) is 3. The van der Waals surface area contributed by atoms with Gasteiger partial charge in [-0.25, -0.2) is 10.0 Å². The molecule has 0 aromatic carbocycles. The molecule has 2 fully saturated rings. The molecule has 18 heavy (non-hydrogen) atoms. The maximum Gasteiger partial charge on any atom is 0.0765 e. The van der Waals surface area contributed by atoms with Gasteiger partial charge in [0.1, 0.15) is 0 Å². The van der Waals surface area contributed by atoms with Gasteiger partial charge in [0.25, 0.3) is 0 Å². The molecular formula is C15H27N3. The van der Waals surface area contributed by atoms with Crippen LogP contribution >= 0.6 is 0 Å². The monoisotopic (exact) mass is 249 g/mol. The van der Waals surface area contributed by atoms with Crippen molar-refractivity contribution >= 4 is 0 Å². The Hall–Kier alpha value is -0.640. The molecule has 3 heteroatoms. The Morgan fingerprint density at radius 2 is 1.56 bits per heavy atom. The van der Waals surface area contributed by atoms with Gasteiger partial charge in [0.05, 0.1) is 6.17 Å². The number of piperidine rings is 1. The van der Waals surface area contributed by atoms with E-state index in [0.717, 1.165) is 13.1 Å². The Morgan fingerprint density at radius 3 is 2.17 bits per heavy atom. The molecule has 2 heterocycles. The van der Waals surface area contributed by atoms with Crippen molar-refractivity contribution in [3.63, 3.8) is 0 Å². The number of hydrazine groups is 1. The first-order valence-electron chi connectivity index (χ1n) is 7.34. The fourth-order valence-electron chi connectivity index (χ4n) is 3.21. The van der Waals surface area contributed by atoms with Gasteiger partial charge in [0, 0.05) is 32.7 Å².